The minimum absolute atomic E-state index is 0.0873. The molecule has 0 aliphatic rings. The van der Waals surface area contributed by atoms with Gasteiger partial charge in [-0.05, 0) is 30.7 Å². The van der Waals surface area contributed by atoms with Crippen molar-refractivity contribution in [2.75, 3.05) is 5.32 Å². The SMILES string of the molecule is Cc1ccc(-c2csc(NC(=O)c3cccc(Cl)c3)c2C(=O)O)cc1. The van der Waals surface area contributed by atoms with Gasteiger partial charge in [-0.3, -0.25) is 4.79 Å². The number of thiophene rings is 1. The zero-order chi connectivity index (χ0) is 18.0. The van der Waals surface area contributed by atoms with Gasteiger partial charge in [0, 0.05) is 21.5 Å². The highest BCUT2D eigenvalue weighted by Gasteiger charge is 2.21. The van der Waals surface area contributed by atoms with Crippen molar-refractivity contribution in [2.24, 2.45) is 0 Å². The number of anilines is 1. The molecule has 0 atom stereocenters. The van der Waals surface area contributed by atoms with Crippen molar-refractivity contribution in [2.45, 2.75) is 6.92 Å². The summed E-state index contributed by atoms with van der Waals surface area (Å²) in [6, 6.07) is 14.1. The molecule has 4 nitrogen and oxygen atoms in total. The molecule has 0 unspecified atom stereocenters. The number of amides is 1. The van der Waals surface area contributed by atoms with Gasteiger partial charge < -0.3 is 10.4 Å². The Morgan fingerprint density at radius 1 is 1.12 bits per heavy atom. The van der Waals surface area contributed by atoms with E-state index in [1.165, 1.54) is 17.4 Å². The molecule has 126 valence electrons. The van der Waals surface area contributed by atoms with Crippen LogP contribution in [0.1, 0.15) is 26.3 Å². The zero-order valence-electron chi connectivity index (χ0n) is 13.2. The highest BCUT2D eigenvalue weighted by molar-refractivity contribution is 7.15. The van der Waals surface area contributed by atoms with Gasteiger partial charge >= 0.3 is 5.97 Å². The van der Waals surface area contributed by atoms with E-state index in [1.807, 2.05) is 31.2 Å². The van der Waals surface area contributed by atoms with Gasteiger partial charge in [0.25, 0.3) is 5.91 Å². The Kier molecular flexibility index (Phi) is 4.88. The van der Waals surface area contributed by atoms with Crippen molar-refractivity contribution in [3.8, 4) is 11.1 Å². The molecule has 0 radical (unpaired) electrons. The van der Waals surface area contributed by atoms with Gasteiger partial charge in [-0.1, -0.05) is 47.5 Å². The molecule has 0 saturated heterocycles. The molecule has 0 aliphatic carbocycles. The summed E-state index contributed by atoms with van der Waals surface area (Å²) >= 11 is 7.08. The second-order valence-electron chi connectivity index (χ2n) is 5.49. The molecule has 0 fully saturated rings. The van der Waals surface area contributed by atoms with E-state index in [0.29, 0.717) is 21.2 Å². The van der Waals surface area contributed by atoms with E-state index < -0.39 is 11.9 Å². The number of carbonyl (C=O) groups excluding carboxylic acids is 1. The summed E-state index contributed by atoms with van der Waals surface area (Å²) < 4.78 is 0. The molecule has 0 saturated carbocycles. The lowest BCUT2D eigenvalue weighted by molar-refractivity contribution is 0.0699. The maximum absolute atomic E-state index is 12.4. The van der Waals surface area contributed by atoms with Crippen LogP contribution in [0.3, 0.4) is 0 Å². The molecular formula is C19H14ClNO3S. The van der Waals surface area contributed by atoms with Crippen LogP contribution in [0.2, 0.25) is 5.02 Å². The molecule has 0 bridgehead atoms. The Morgan fingerprint density at radius 2 is 1.84 bits per heavy atom. The average molecular weight is 372 g/mol. The number of rotatable bonds is 4. The molecule has 3 rings (SSSR count). The third kappa shape index (κ3) is 3.73. The number of carboxylic acid groups (broad SMARTS) is 1. The maximum Gasteiger partial charge on any atom is 0.339 e. The van der Waals surface area contributed by atoms with E-state index in [0.717, 1.165) is 11.1 Å². The van der Waals surface area contributed by atoms with E-state index >= 15 is 0 Å². The van der Waals surface area contributed by atoms with Crippen molar-refractivity contribution in [3.63, 3.8) is 0 Å². The number of carboxylic acids is 1. The molecule has 1 aromatic heterocycles. The summed E-state index contributed by atoms with van der Waals surface area (Å²) in [4.78, 5) is 24.1. The van der Waals surface area contributed by atoms with Gasteiger partial charge in [0.1, 0.15) is 10.6 Å². The number of aryl methyl sites for hydroxylation is 1. The third-order valence-corrected chi connectivity index (χ3v) is 4.81. The lowest BCUT2D eigenvalue weighted by Gasteiger charge is -2.06. The molecule has 3 aromatic rings. The first kappa shape index (κ1) is 17.2. The highest BCUT2D eigenvalue weighted by Crippen LogP contribution is 2.36. The predicted molar refractivity (Wildman–Crippen MR) is 101 cm³/mol. The topological polar surface area (TPSA) is 66.4 Å². The Balaban J connectivity index is 1.96. The first-order chi connectivity index (χ1) is 12.0. The number of hydrogen-bond acceptors (Lipinski definition) is 3. The number of halogens is 1. The van der Waals surface area contributed by atoms with E-state index in [9.17, 15) is 14.7 Å². The van der Waals surface area contributed by atoms with Crippen LogP contribution in [0.5, 0.6) is 0 Å². The lowest BCUT2D eigenvalue weighted by Crippen LogP contribution is -2.13. The average Bonchev–Trinajstić information content (AvgIpc) is 2.99. The third-order valence-electron chi connectivity index (χ3n) is 3.68. The molecule has 2 N–H and O–H groups in total. The van der Waals surface area contributed by atoms with Crippen molar-refractivity contribution < 1.29 is 14.7 Å². The van der Waals surface area contributed by atoms with Crippen molar-refractivity contribution in [3.05, 3.63) is 75.6 Å². The Morgan fingerprint density at radius 3 is 2.48 bits per heavy atom. The zero-order valence-corrected chi connectivity index (χ0v) is 14.8. The molecule has 1 heterocycles. The summed E-state index contributed by atoms with van der Waals surface area (Å²) in [5.74, 6) is -1.49. The molecule has 6 heteroatoms. The van der Waals surface area contributed by atoms with Crippen LogP contribution in [0.25, 0.3) is 11.1 Å². The summed E-state index contributed by atoms with van der Waals surface area (Å²) in [5.41, 5.74) is 2.92. The molecule has 0 aliphatic heterocycles. The number of carbonyl (C=O) groups is 2. The van der Waals surface area contributed by atoms with Crippen molar-refractivity contribution >= 4 is 39.8 Å². The van der Waals surface area contributed by atoms with E-state index in [-0.39, 0.29) is 5.56 Å². The largest absolute Gasteiger partial charge is 0.478 e. The number of benzene rings is 2. The van der Waals surface area contributed by atoms with Crippen LogP contribution in [0.4, 0.5) is 5.00 Å². The molecule has 0 spiro atoms. The standard InChI is InChI=1S/C19H14ClNO3S/c1-11-5-7-12(8-6-11)15-10-25-18(16(15)19(23)24)21-17(22)13-3-2-4-14(20)9-13/h2-10H,1H3,(H,21,22)(H,23,24). The van der Waals surface area contributed by atoms with Crippen molar-refractivity contribution in [1.82, 2.24) is 0 Å². The monoisotopic (exact) mass is 371 g/mol. The smallest absolute Gasteiger partial charge is 0.339 e. The molecule has 25 heavy (non-hydrogen) atoms. The van der Waals surface area contributed by atoms with Gasteiger partial charge in [-0.15, -0.1) is 11.3 Å². The second-order valence-corrected chi connectivity index (χ2v) is 6.81. The predicted octanol–water partition coefficient (Wildman–Crippen LogP) is 5.33. The fraction of sp³-hybridized carbons (Fsp3) is 0.0526. The summed E-state index contributed by atoms with van der Waals surface area (Å²) in [7, 11) is 0. The first-order valence-electron chi connectivity index (χ1n) is 7.44. The normalized spacial score (nSPS) is 10.5. The number of hydrogen-bond donors (Lipinski definition) is 2. The Hall–Kier alpha value is -2.63. The van der Waals surface area contributed by atoms with Gasteiger partial charge in [0.2, 0.25) is 0 Å². The first-order valence-corrected chi connectivity index (χ1v) is 8.70. The number of aromatic carboxylic acids is 1. The second kappa shape index (κ2) is 7.09. The fourth-order valence-electron chi connectivity index (χ4n) is 2.41. The van der Waals surface area contributed by atoms with Crippen LogP contribution < -0.4 is 5.32 Å². The van der Waals surface area contributed by atoms with Crippen LogP contribution >= 0.6 is 22.9 Å². The van der Waals surface area contributed by atoms with Gasteiger partial charge in [-0.25, -0.2) is 4.79 Å². The van der Waals surface area contributed by atoms with E-state index in [1.54, 1.807) is 23.6 Å². The summed E-state index contributed by atoms with van der Waals surface area (Å²) in [5, 5.41) is 14.8. The van der Waals surface area contributed by atoms with E-state index in [2.05, 4.69) is 5.32 Å². The van der Waals surface area contributed by atoms with Gasteiger partial charge in [0.15, 0.2) is 0 Å². The summed E-state index contributed by atoms with van der Waals surface area (Å²) in [6.45, 7) is 1.96. The fourth-order valence-corrected chi connectivity index (χ4v) is 3.56. The quantitative estimate of drug-likeness (QED) is 0.651. The van der Waals surface area contributed by atoms with Crippen molar-refractivity contribution in [1.29, 1.82) is 0 Å². The van der Waals surface area contributed by atoms with Crippen LogP contribution in [0, 0.1) is 6.92 Å². The van der Waals surface area contributed by atoms with Gasteiger partial charge in [-0.2, -0.15) is 0 Å². The minimum Gasteiger partial charge on any atom is -0.478 e. The maximum atomic E-state index is 12.4. The Labute approximate surface area is 153 Å². The minimum atomic E-state index is -1.08. The molecule has 1 amide bonds. The Bertz CT molecular complexity index is 948. The lowest BCUT2D eigenvalue weighted by atomic mass is 10.0. The molecular weight excluding hydrogens is 358 g/mol. The number of nitrogens with one attached hydrogen (secondary N) is 1. The highest BCUT2D eigenvalue weighted by atomic mass is 35.5. The van der Waals surface area contributed by atoms with E-state index in [4.69, 9.17) is 11.6 Å². The van der Waals surface area contributed by atoms with Crippen LogP contribution in [0.15, 0.2) is 53.9 Å². The molecule has 2 aromatic carbocycles. The van der Waals surface area contributed by atoms with Crippen LogP contribution in [-0.2, 0) is 0 Å². The van der Waals surface area contributed by atoms with Crippen LogP contribution in [-0.4, -0.2) is 17.0 Å². The van der Waals surface area contributed by atoms with Gasteiger partial charge in [0.05, 0.1) is 0 Å². The summed E-state index contributed by atoms with van der Waals surface area (Å²) in [6.07, 6.45) is 0.